The van der Waals surface area contributed by atoms with Crippen LogP contribution in [0.15, 0.2) is 29.3 Å². The van der Waals surface area contributed by atoms with Crippen LogP contribution in [0.25, 0.3) is 0 Å². The first kappa shape index (κ1) is 19.8. The van der Waals surface area contributed by atoms with Gasteiger partial charge in [-0.25, -0.2) is 4.99 Å². The molecule has 0 bridgehead atoms. The van der Waals surface area contributed by atoms with Gasteiger partial charge in [-0.1, -0.05) is 24.3 Å². The zero-order chi connectivity index (χ0) is 19.9. The van der Waals surface area contributed by atoms with E-state index in [1.54, 1.807) is 0 Å². The second kappa shape index (κ2) is 9.84. The molecule has 0 saturated carbocycles. The van der Waals surface area contributed by atoms with E-state index in [9.17, 15) is 0 Å². The second-order valence-electron chi connectivity index (χ2n) is 7.49. The third kappa shape index (κ3) is 5.13. The van der Waals surface area contributed by atoms with E-state index in [4.69, 9.17) is 9.73 Å². The molecular weight excluding hydrogens is 366 g/mol. The fourth-order valence-electron chi connectivity index (χ4n) is 3.88. The van der Waals surface area contributed by atoms with Crippen molar-refractivity contribution in [1.82, 2.24) is 30.3 Å². The Labute approximate surface area is 172 Å². The number of rotatable bonds is 7. The van der Waals surface area contributed by atoms with Gasteiger partial charge in [0.15, 0.2) is 11.8 Å². The summed E-state index contributed by atoms with van der Waals surface area (Å²) in [5, 5.41) is 15.4. The highest BCUT2D eigenvalue weighted by Crippen LogP contribution is 2.15. The summed E-state index contributed by atoms with van der Waals surface area (Å²) in [6, 6.07) is 8.58. The van der Waals surface area contributed by atoms with Gasteiger partial charge in [0, 0.05) is 39.1 Å². The third-order valence-electron chi connectivity index (χ3n) is 5.47. The van der Waals surface area contributed by atoms with Gasteiger partial charge in [0.05, 0.1) is 26.3 Å². The van der Waals surface area contributed by atoms with Crippen LogP contribution in [0.3, 0.4) is 0 Å². The molecule has 2 N–H and O–H groups in total. The summed E-state index contributed by atoms with van der Waals surface area (Å²) in [6.45, 7) is 9.77. The van der Waals surface area contributed by atoms with E-state index in [1.165, 1.54) is 11.1 Å². The average Bonchev–Trinajstić information content (AvgIpc) is 3.36. The van der Waals surface area contributed by atoms with E-state index in [1.807, 2.05) is 0 Å². The third-order valence-corrected chi connectivity index (χ3v) is 5.47. The Bertz CT molecular complexity index is 826. The van der Waals surface area contributed by atoms with Crippen LogP contribution in [0.5, 0.6) is 0 Å². The minimum Gasteiger partial charge on any atom is -0.379 e. The molecule has 0 spiro atoms. The minimum atomic E-state index is 0.633. The van der Waals surface area contributed by atoms with E-state index in [2.05, 4.69) is 61.5 Å². The molecule has 0 aliphatic carbocycles. The number of hydrogen-bond donors (Lipinski definition) is 2. The highest BCUT2D eigenvalue weighted by molar-refractivity contribution is 5.79. The fraction of sp³-hybridized carbons (Fsp3) is 0.571. The average molecular weight is 398 g/mol. The largest absolute Gasteiger partial charge is 0.379 e. The SMILES string of the molecule is CCNC(=NCc1ccccc1CN1CCOCC1)NCc1nnc2n1CCC2. The van der Waals surface area contributed by atoms with Crippen molar-refractivity contribution in [3.8, 4) is 0 Å². The van der Waals surface area contributed by atoms with Gasteiger partial charge in [0.2, 0.25) is 0 Å². The molecule has 8 nitrogen and oxygen atoms in total. The van der Waals surface area contributed by atoms with Gasteiger partial charge in [0.1, 0.15) is 5.82 Å². The molecule has 2 aromatic rings. The first-order valence-corrected chi connectivity index (χ1v) is 10.6. The highest BCUT2D eigenvalue weighted by atomic mass is 16.5. The lowest BCUT2D eigenvalue weighted by atomic mass is 10.1. The van der Waals surface area contributed by atoms with Gasteiger partial charge in [-0.3, -0.25) is 4.90 Å². The maximum Gasteiger partial charge on any atom is 0.191 e. The fourth-order valence-corrected chi connectivity index (χ4v) is 3.88. The maximum absolute atomic E-state index is 5.47. The molecule has 1 aromatic heterocycles. The molecule has 4 rings (SSSR count). The van der Waals surface area contributed by atoms with E-state index in [0.29, 0.717) is 13.1 Å². The number of nitrogens with zero attached hydrogens (tertiary/aromatic N) is 5. The monoisotopic (exact) mass is 397 g/mol. The van der Waals surface area contributed by atoms with Crippen LogP contribution in [0, 0.1) is 0 Å². The summed E-state index contributed by atoms with van der Waals surface area (Å²) >= 11 is 0. The Balaban J connectivity index is 1.39. The van der Waals surface area contributed by atoms with E-state index in [0.717, 1.165) is 76.4 Å². The van der Waals surface area contributed by atoms with Crippen LogP contribution in [-0.2, 0) is 37.3 Å². The number of nitrogens with one attached hydrogen (secondary N) is 2. The van der Waals surface area contributed by atoms with Gasteiger partial charge < -0.3 is 19.9 Å². The van der Waals surface area contributed by atoms with Crippen molar-refractivity contribution in [1.29, 1.82) is 0 Å². The zero-order valence-electron chi connectivity index (χ0n) is 17.2. The predicted octanol–water partition coefficient (Wildman–Crippen LogP) is 1.31. The molecular formula is C21H31N7O. The summed E-state index contributed by atoms with van der Waals surface area (Å²) in [7, 11) is 0. The number of aromatic nitrogens is 3. The number of aryl methyl sites for hydroxylation is 1. The first-order valence-electron chi connectivity index (χ1n) is 10.6. The summed E-state index contributed by atoms with van der Waals surface area (Å²) < 4.78 is 7.68. The Morgan fingerprint density at radius 2 is 1.93 bits per heavy atom. The molecule has 0 radical (unpaired) electrons. The molecule has 29 heavy (non-hydrogen) atoms. The highest BCUT2D eigenvalue weighted by Gasteiger charge is 2.17. The van der Waals surface area contributed by atoms with Crippen molar-refractivity contribution < 1.29 is 4.74 Å². The number of guanidine groups is 1. The Hall–Kier alpha value is -2.45. The minimum absolute atomic E-state index is 0.633. The molecule has 0 atom stereocenters. The molecule has 0 unspecified atom stereocenters. The van der Waals surface area contributed by atoms with Crippen LogP contribution in [0.4, 0.5) is 0 Å². The lowest BCUT2D eigenvalue weighted by molar-refractivity contribution is 0.0341. The predicted molar refractivity (Wildman–Crippen MR) is 113 cm³/mol. The van der Waals surface area contributed by atoms with Crippen LogP contribution in [0.1, 0.15) is 36.1 Å². The first-order chi connectivity index (χ1) is 14.3. The maximum atomic E-state index is 5.47. The van der Waals surface area contributed by atoms with E-state index >= 15 is 0 Å². The Kier molecular flexibility index (Phi) is 6.74. The molecule has 1 aromatic carbocycles. The van der Waals surface area contributed by atoms with Crippen LogP contribution < -0.4 is 10.6 Å². The number of morpholine rings is 1. The molecule has 3 heterocycles. The Morgan fingerprint density at radius 1 is 1.10 bits per heavy atom. The summed E-state index contributed by atoms with van der Waals surface area (Å²) in [5.74, 6) is 2.89. The molecule has 8 heteroatoms. The van der Waals surface area contributed by atoms with Crippen LogP contribution >= 0.6 is 0 Å². The van der Waals surface area contributed by atoms with E-state index < -0.39 is 0 Å². The molecule has 156 valence electrons. The lowest BCUT2D eigenvalue weighted by Gasteiger charge is -2.27. The number of aliphatic imine (C=N–C) groups is 1. The van der Waals surface area contributed by atoms with Crippen molar-refractivity contribution in [3.05, 3.63) is 47.0 Å². The number of hydrogen-bond acceptors (Lipinski definition) is 5. The lowest BCUT2D eigenvalue weighted by Crippen LogP contribution is -2.37. The number of benzene rings is 1. The van der Waals surface area contributed by atoms with Crippen molar-refractivity contribution in [2.45, 2.75) is 45.9 Å². The summed E-state index contributed by atoms with van der Waals surface area (Å²) in [6.07, 6.45) is 2.19. The van der Waals surface area contributed by atoms with Gasteiger partial charge in [-0.05, 0) is 24.5 Å². The molecule has 1 fully saturated rings. The molecule has 1 saturated heterocycles. The van der Waals surface area contributed by atoms with Crippen molar-refractivity contribution >= 4 is 5.96 Å². The van der Waals surface area contributed by atoms with Gasteiger partial charge >= 0.3 is 0 Å². The van der Waals surface area contributed by atoms with E-state index in [-0.39, 0.29) is 0 Å². The zero-order valence-corrected chi connectivity index (χ0v) is 17.2. The Morgan fingerprint density at radius 3 is 2.76 bits per heavy atom. The van der Waals surface area contributed by atoms with Gasteiger partial charge in [-0.2, -0.15) is 0 Å². The number of fused-ring (bicyclic) bond motifs is 1. The van der Waals surface area contributed by atoms with Crippen LogP contribution in [0.2, 0.25) is 0 Å². The van der Waals surface area contributed by atoms with Crippen molar-refractivity contribution in [3.63, 3.8) is 0 Å². The standard InChI is InChI=1S/C21H31N7O/c1-2-22-21(24-15-20-26-25-19-8-5-9-28(19)20)23-14-17-6-3-4-7-18(17)16-27-10-12-29-13-11-27/h3-4,6-7H,2,5,8-16H2,1H3,(H2,22,23,24). The van der Waals surface area contributed by atoms with Crippen molar-refractivity contribution in [2.75, 3.05) is 32.8 Å². The summed E-state index contributed by atoms with van der Waals surface area (Å²) in [5.41, 5.74) is 2.60. The van der Waals surface area contributed by atoms with Crippen molar-refractivity contribution in [2.24, 2.45) is 4.99 Å². The van der Waals surface area contributed by atoms with Gasteiger partial charge in [0.25, 0.3) is 0 Å². The molecule has 2 aliphatic rings. The quantitative estimate of drug-likeness (QED) is 0.542. The van der Waals surface area contributed by atoms with Gasteiger partial charge in [-0.15, -0.1) is 10.2 Å². The topological polar surface area (TPSA) is 79.6 Å². The normalized spacial score (nSPS) is 17.3. The smallest absolute Gasteiger partial charge is 0.191 e. The van der Waals surface area contributed by atoms with Crippen LogP contribution in [-0.4, -0.2) is 58.5 Å². The number of ether oxygens (including phenoxy) is 1. The second-order valence-corrected chi connectivity index (χ2v) is 7.49. The molecule has 2 aliphatic heterocycles. The molecule has 0 amide bonds. The summed E-state index contributed by atoms with van der Waals surface area (Å²) in [4.78, 5) is 7.27.